The van der Waals surface area contributed by atoms with Crippen LogP contribution in [0.1, 0.15) is 37.3 Å². The number of anilines is 2. The first-order chi connectivity index (χ1) is 13.5. The van der Waals surface area contributed by atoms with E-state index in [2.05, 4.69) is 28.4 Å². The van der Waals surface area contributed by atoms with Crippen molar-refractivity contribution in [2.45, 2.75) is 39.2 Å². The van der Waals surface area contributed by atoms with Crippen molar-refractivity contribution in [1.29, 1.82) is 0 Å². The molecule has 148 valence electrons. The van der Waals surface area contributed by atoms with Crippen molar-refractivity contribution in [2.24, 2.45) is 0 Å². The fraction of sp³-hybridized carbons (Fsp3) is 0.391. The second kappa shape index (κ2) is 9.40. The van der Waals surface area contributed by atoms with E-state index in [0.29, 0.717) is 13.0 Å². The Morgan fingerprint density at radius 2 is 1.68 bits per heavy atom. The predicted molar refractivity (Wildman–Crippen MR) is 113 cm³/mol. The smallest absolute Gasteiger partial charge is 0.227 e. The van der Waals surface area contributed by atoms with Crippen LogP contribution in [0.2, 0.25) is 0 Å². The Bertz CT molecular complexity index is 811. The van der Waals surface area contributed by atoms with Gasteiger partial charge in [0.15, 0.2) is 0 Å². The Morgan fingerprint density at radius 3 is 2.36 bits per heavy atom. The lowest BCUT2D eigenvalue weighted by atomic mass is 10.1. The van der Waals surface area contributed by atoms with E-state index < -0.39 is 0 Å². The lowest BCUT2D eigenvalue weighted by Gasteiger charge is -2.31. The largest absolute Gasteiger partial charge is 0.371 e. The summed E-state index contributed by atoms with van der Waals surface area (Å²) in [6.07, 6.45) is 4.12. The summed E-state index contributed by atoms with van der Waals surface area (Å²) in [6, 6.07) is 15.8. The minimum Gasteiger partial charge on any atom is -0.371 e. The molecule has 2 amide bonds. The van der Waals surface area contributed by atoms with Gasteiger partial charge >= 0.3 is 0 Å². The molecule has 1 N–H and O–H groups in total. The maximum absolute atomic E-state index is 12.7. The van der Waals surface area contributed by atoms with Crippen LogP contribution in [0, 0.1) is 0 Å². The average Bonchev–Trinajstić information content (AvgIpc) is 2.70. The van der Waals surface area contributed by atoms with Crippen molar-refractivity contribution in [3.63, 3.8) is 0 Å². The molecule has 1 heterocycles. The fourth-order valence-corrected chi connectivity index (χ4v) is 3.65. The summed E-state index contributed by atoms with van der Waals surface area (Å²) in [6.45, 7) is 4.27. The summed E-state index contributed by atoms with van der Waals surface area (Å²) < 4.78 is 0. The lowest BCUT2D eigenvalue weighted by molar-refractivity contribution is -0.129. The SMILES string of the molecule is CC(=O)Nc1ccc(CC(=O)N(C)Cc2ccccc2N2CCCCC2)cc1. The molecule has 0 bridgehead atoms. The summed E-state index contributed by atoms with van der Waals surface area (Å²) in [4.78, 5) is 28.1. The number of rotatable bonds is 6. The molecular formula is C23H29N3O2. The number of piperidine rings is 1. The van der Waals surface area contributed by atoms with Crippen molar-refractivity contribution < 1.29 is 9.59 Å². The molecule has 0 spiro atoms. The number of nitrogens with one attached hydrogen (secondary N) is 1. The number of hydrogen-bond acceptors (Lipinski definition) is 3. The first-order valence-corrected chi connectivity index (χ1v) is 9.96. The number of likely N-dealkylation sites (N-methyl/N-ethyl adjacent to an activating group) is 1. The molecule has 2 aromatic carbocycles. The van der Waals surface area contributed by atoms with E-state index in [1.54, 1.807) is 4.90 Å². The Labute approximate surface area is 167 Å². The molecule has 5 heteroatoms. The molecule has 0 radical (unpaired) electrons. The highest BCUT2D eigenvalue weighted by Gasteiger charge is 2.17. The third kappa shape index (κ3) is 5.35. The molecule has 0 unspecified atom stereocenters. The van der Waals surface area contributed by atoms with Gasteiger partial charge in [0.25, 0.3) is 0 Å². The normalized spacial score (nSPS) is 13.9. The zero-order valence-corrected chi connectivity index (χ0v) is 16.8. The van der Waals surface area contributed by atoms with Crippen LogP contribution >= 0.6 is 0 Å². The Morgan fingerprint density at radius 1 is 1.00 bits per heavy atom. The first-order valence-electron chi connectivity index (χ1n) is 9.96. The topological polar surface area (TPSA) is 52.7 Å². The number of amides is 2. The lowest BCUT2D eigenvalue weighted by Crippen LogP contribution is -2.32. The van der Waals surface area contributed by atoms with Crippen LogP contribution in [0.5, 0.6) is 0 Å². The van der Waals surface area contributed by atoms with Crippen molar-refractivity contribution in [3.8, 4) is 0 Å². The molecule has 1 saturated heterocycles. The molecule has 1 aliphatic rings. The summed E-state index contributed by atoms with van der Waals surface area (Å²) >= 11 is 0. The number of nitrogens with zero attached hydrogens (tertiary/aromatic N) is 2. The first kappa shape index (κ1) is 19.9. The Kier molecular flexibility index (Phi) is 6.69. The molecule has 0 atom stereocenters. The van der Waals surface area contributed by atoms with Crippen LogP contribution in [0.4, 0.5) is 11.4 Å². The van der Waals surface area contributed by atoms with Crippen LogP contribution in [0.25, 0.3) is 0 Å². The zero-order valence-electron chi connectivity index (χ0n) is 16.8. The molecule has 0 saturated carbocycles. The molecule has 1 aliphatic heterocycles. The zero-order chi connectivity index (χ0) is 19.9. The van der Waals surface area contributed by atoms with Crippen LogP contribution in [0.3, 0.4) is 0 Å². The van der Waals surface area contributed by atoms with E-state index in [1.807, 2.05) is 37.4 Å². The Balaban J connectivity index is 1.62. The highest BCUT2D eigenvalue weighted by molar-refractivity contribution is 5.88. The number of carbonyl (C=O) groups excluding carboxylic acids is 2. The molecule has 5 nitrogen and oxygen atoms in total. The summed E-state index contributed by atoms with van der Waals surface area (Å²) in [5.74, 6) is -0.0170. The fourth-order valence-electron chi connectivity index (χ4n) is 3.65. The summed E-state index contributed by atoms with van der Waals surface area (Å²) in [7, 11) is 1.86. The third-order valence-electron chi connectivity index (χ3n) is 5.15. The predicted octanol–water partition coefficient (Wildman–Crippen LogP) is 3.84. The molecule has 1 fully saturated rings. The van der Waals surface area contributed by atoms with Gasteiger partial charge in [-0.15, -0.1) is 0 Å². The number of benzene rings is 2. The molecule has 28 heavy (non-hydrogen) atoms. The maximum atomic E-state index is 12.7. The Hall–Kier alpha value is -2.82. The maximum Gasteiger partial charge on any atom is 0.227 e. The van der Waals surface area contributed by atoms with E-state index in [0.717, 1.165) is 24.3 Å². The summed E-state index contributed by atoms with van der Waals surface area (Å²) in [5, 5.41) is 2.74. The summed E-state index contributed by atoms with van der Waals surface area (Å²) in [5.41, 5.74) is 4.13. The molecule has 0 aliphatic carbocycles. The highest BCUT2D eigenvalue weighted by atomic mass is 16.2. The van der Waals surface area contributed by atoms with E-state index in [1.165, 1.54) is 37.4 Å². The second-order valence-corrected chi connectivity index (χ2v) is 7.48. The van der Waals surface area contributed by atoms with Crippen LogP contribution < -0.4 is 10.2 Å². The van der Waals surface area contributed by atoms with Gasteiger partial charge in [0.2, 0.25) is 11.8 Å². The highest BCUT2D eigenvalue weighted by Crippen LogP contribution is 2.25. The quantitative estimate of drug-likeness (QED) is 0.830. The molecular weight excluding hydrogens is 350 g/mol. The van der Waals surface area contributed by atoms with Crippen molar-refractivity contribution in [1.82, 2.24) is 4.90 Å². The third-order valence-corrected chi connectivity index (χ3v) is 5.15. The minimum atomic E-state index is -0.101. The van der Waals surface area contributed by atoms with Gasteiger partial charge in [-0.1, -0.05) is 30.3 Å². The van der Waals surface area contributed by atoms with Crippen molar-refractivity contribution in [2.75, 3.05) is 30.4 Å². The number of hydrogen-bond donors (Lipinski definition) is 1. The van der Waals surface area contributed by atoms with E-state index in [9.17, 15) is 9.59 Å². The number of carbonyl (C=O) groups is 2. The van der Waals surface area contributed by atoms with Gasteiger partial charge in [-0.25, -0.2) is 0 Å². The van der Waals surface area contributed by atoms with E-state index >= 15 is 0 Å². The molecule has 2 aromatic rings. The average molecular weight is 380 g/mol. The van der Waals surface area contributed by atoms with Gasteiger partial charge < -0.3 is 15.1 Å². The van der Waals surface area contributed by atoms with Gasteiger partial charge in [0.05, 0.1) is 6.42 Å². The van der Waals surface area contributed by atoms with Crippen LogP contribution in [0.15, 0.2) is 48.5 Å². The van der Waals surface area contributed by atoms with Crippen molar-refractivity contribution in [3.05, 3.63) is 59.7 Å². The van der Waals surface area contributed by atoms with Gasteiger partial charge in [0.1, 0.15) is 0 Å². The standard InChI is InChI=1S/C23H29N3O2/c1-18(27)24-21-12-10-19(11-13-21)16-23(28)25(2)17-20-8-4-5-9-22(20)26-14-6-3-7-15-26/h4-5,8-13H,3,6-7,14-17H2,1-2H3,(H,24,27). The molecule has 0 aromatic heterocycles. The van der Waals surface area contributed by atoms with E-state index in [4.69, 9.17) is 0 Å². The molecule has 3 rings (SSSR count). The second-order valence-electron chi connectivity index (χ2n) is 7.48. The van der Waals surface area contributed by atoms with Crippen LogP contribution in [-0.2, 0) is 22.6 Å². The van der Waals surface area contributed by atoms with E-state index in [-0.39, 0.29) is 11.8 Å². The van der Waals surface area contributed by atoms with Gasteiger partial charge in [-0.05, 0) is 48.6 Å². The van der Waals surface area contributed by atoms with Crippen molar-refractivity contribution >= 4 is 23.2 Å². The van der Waals surface area contributed by atoms with Gasteiger partial charge in [0, 0.05) is 45.0 Å². The van der Waals surface area contributed by atoms with Gasteiger partial charge in [-0.3, -0.25) is 9.59 Å². The van der Waals surface area contributed by atoms with Gasteiger partial charge in [-0.2, -0.15) is 0 Å². The minimum absolute atomic E-state index is 0.0840. The van der Waals surface area contributed by atoms with Crippen LogP contribution in [-0.4, -0.2) is 36.9 Å². The number of para-hydroxylation sites is 1. The monoisotopic (exact) mass is 379 g/mol.